The van der Waals surface area contributed by atoms with Gasteiger partial charge in [0.15, 0.2) is 5.60 Å². The van der Waals surface area contributed by atoms with Gasteiger partial charge in [-0.1, -0.05) is 12.2 Å². The summed E-state index contributed by atoms with van der Waals surface area (Å²) in [5.41, 5.74) is -1.90. The van der Waals surface area contributed by atoms with E-state index in [2.05, 4.69) is 0 Å². The van der Waals surface area contributed by atoms with Crippen molar-refractivity contribution in [3.63, 3.8) is 0 Å². The molecule has 0 heterocycles. The van der Waals surface area contributed by atoms with E-state index in [0.29, 0.717) is 12.4 Å². The summed E-state index contributed by atoms with van der Waals surface area (Å²) in [6.07, 6.45) is -0.298. The standard InChI is InChI=1S/C18H19F3O5/c1-3-25-17(2)14(24-11-16(22)23)5-4-6-15(17)26-13-9-7-12(8-10-13)18(19,20)21/h4-10,14H,3,11H2,1-2H3,(H,22,23). The zero-order chi connectivity index (χ0) is 19.4. The van der Waals surface area contributed by atoms with Crippen LogP contribution in [-0.4, -0.2) is 36.0 Å². The van der Waals surface area contributed by atoms with E-state index in [1.165, 1.54) is 12.1 Å². The molecule has 1 aromatic rings. The fourth-order valence-electron chi connectivity index (χ4n) is 2.54. The molecular weight excluding hydrogens is 353 g/mol. The lowest BCUT2D eigenvalue weighted by atomic mass is 9.91. The van der Waals surface area contributed by atoms with Gasteiger partial charge in [-0.15, -0.1) is 0 Å². The van der Waals surface area contributed by atoms with Crippen molar-refractivity contribution in [2.45, 2.75) is 31.7 Å². The molecule has 0 saturated carbocycles. The Kier molecular flexibility index (Phi) is 6.09. The van der Waals surface area contributed by atoms with Crippen LogP contribution in [0.5, 0.6) is 5.75 Å². The molecule has 0 spiro atoms. The third kappa shape index (κ3) is 4.64. The molecule has 142 valence electrons. The lowest BCUT2D eigenvalue weighted by molar-refractivity contribution is -0.152. The van der Waals surface area contributed by atoms with Crippen LogP contribution in [-0.2, 0) is 20.4 Å². The van der Waals surface area contributed by atoms with Crippen molar-refractivity contribution in [3.05, 3.63) is 53.8 Å². The maximum absolute atomic E-state index is 12.7. The largest absolute Gasteiger partial charge is 0.480 e. The Bertz CT molecular complexity index is 694. The average Bonchev–Trinajstić information content (AvgIpc) is 2.55. The van der Waals surface area contributed by atoms with Gasteiger partial charge >= 0.3 is 12.1 Å². The van der Waals surface area contributed by atoms with Crippen LogP contribution in [0.3, 0.4) is 0 Å². The first-order valence-corrected chi connectivity index (χ1v) is 7.88. The monoisotopic (exact) mass is 372 g/mol. The van der Waals surface area contributed by atoms with Crippen LogP contribution in [0.25, 0.3) is 0 Å². The summed E-state index contributed by atoms with van der Waals surface area (Å²) >= 11 is 0. The minimum Gasteiger partial charge on any atom is -0.480 e. The highest BCUT2D eigenvalue weighted by Gasteiger charge is 2.42. The summed E-state index contributed by atoms with van der Waals surface area (Å²) in [4.78, 5) is 10.8. The topological polar surface area (TPSA) is 65.0 Å². The molecule has 0 amide bonds. The number of carboxylic acid groups (broad SMARTS) is 1. The Morgan fingerprint density at radius 1 is 1.27 bits per heavy atom. The van der Waals surface area contributed by atoms with E-state index in [1.807, 2.05) is 0 Å². The van der Waals surface area contributed by atoms with Crippen LogP contribution in [0, 0.1) is 0 Å². The van der Waals surface area contributed by atoms with Gasteiger partial charge in [-0.2, -0.15) is 13.2 Å². The summed E-state index contributed by atoms with van der Waals surface area (Å²) < 4.78 is 54.8. The number of benzene rings is 1. The van der Waals surface area contributed by atoms with Crippen LogP contribution >= 0.6 is 0 Å². The van der Waals surface area contributed by atoms with E-state index in [9.17, 15) is 18.0 Å². The van der Waals surface area contributed by atoms with E-state index in [-0.39, 0.29) is 5.75 Å². The van der Waals surface area contributed by atoms with E-state index < -0.39 is 36.0 Å². The molecule has 0 fully saturated rings. The first kappa shape index (κ1) is 20.0. The fourth-order valence-corrected chi connectivity index (χ4v) is 2.54. The van der Waals surface area contributed by atoms with E-state index in [0.717, 1.165) is 12.1 Å². The summed E-state index contributed by atoms with van der Waals surface area (Å²) in [7, 11) is 0. The molecule has 5 nitrogen and oxygen atoms in total. The molecule has 0 bridgehead atoms. The molecule has 0 saturated heterocycles. The SMILES string of the molecule is CCOC1(C)C(Oc2ccc(C(F)(F)F)cc2)=CC=CC1OCC(=O)O. The van der Waals surface area contributed by atoms with E-state index >= 15 is 0 Å². The number of carboxylic acids is 1. The van der Waals surface area contributed by atoms with Crippen molar-refractivity contribution in [2.75, 3.05) is 13.2 Å². The molecule has 2 atom stereocenters. The first-order chi connectivity index (χ1) is 12.2. The quantitative estimate of drug-likeness (QED) is 0.789. The van der Waals surface area contributed by atoms with E-state index in [1.54, 1.807) is 32.1 Å². The number of hydrogen-bond donors (Lipinski definition) is 1. The van der Waals surface area contributed by atoms with Gasteiger partial charge in [0.2, 0.25) is 0 Å². The molecule has 0 aliphatic heterocycles. The van der Waals surface area contributed by atoms with Crippen LogP contribution in [0.15, 0.2) is 48.3 Å². The highest BCUT2D eigenvalue weighted by molar-refractivity contribution is 5.68. The Labute approximate surface area is 148 Å². The van der Waals surface area contributed by atoms with Crippen LogP contribution in [0.4, 0.5) is 13.2 Å². The highest BCUT2D eigenvalue weighted by atomic mass is 19.4. The van der Waals surface area contributed by atoms with Crippen molar-refractivity contribution in [1.82, 2.24) is 0 Å². The van der Waals surface area contributed by atoms with Crippen molar-refractivity contribution in [1.29, 1.82) is 0 Å². The number of aliphatic carboxylic acids is 1. The number of alkyl halides is 3. The van der Waals surface area contributed by atoms with Crippen LogP contribution < -0.4 is 4.74 Å². The number of halogens is 3. The summed E-state index contributed by atoms with van der Waals surface area (Å²) in [5, 5.41) is 8.81. The molecule has 1 aromatic carbocycles. The molecule has 26 heavy (non-hydrogen) atoms. The predicted molar refractivity (Wildman–Crippen MR) is 86.7 cm³/mol. The highest BCUT2D eigenvalue weighted by Crippen LogP contribution is 2.35. The van der Waals surface area contributed by atoms with E-state index in [4.69, 9.17) is 19.3 Å². The fraction of sp³-hybridized carbons (Fsp3) is 0.389. The first-order valence-electron chi connectivity index (χ1n) is 7.88. The van der Waals surface area contributed by atoms with Gasteiger partial charge in [-0.3, -0.25) is 0 Å². The Morgan fingerprint density at radius 2 is 1.92 bits per heavy atom. The van der Waals surface area contributed by atoms with Gasteiger partial charge in [0.05, 0.1) is 5.56 Å². The Hall–Kier alpha value is -2.32. The summed E-state index contributed by atoms with van der Waals surface area (Å²) in [6, 6.07) is 4.26. The van der Waals surface area contributed by atoms with Gasteiger partial charge < -0.3 is 19.3 Å². The molecule has 0 aromatic heterocycles. The third-order valence-corrected chi connectivity index (χ3v) is 3.81. The van der Waals surface area contributed by atoms with Gasteiger partial charge in [0.25, 0.3) is 0 Å². The smallest absolute Gasteiger partial charge is 0.416 e. The van der Waals surface area contributed by atoms with Crippen LogP contribution in [0.2, 0.25) is 0 Å². The second kappa shape index (κ2) is 7.92. The number of allylic oxidation sites excluding steroid dienone is 2. The third-order valence-electron chi connectivity index (χ3n) is 3.81. The number of ether oxygens (including phenoxy) is 3. The number of carbonyl (C=O) groups is 1. The van der Waals surface area contributed by atoms with Crippen LogP contribution in [0.1, 0.15) is 19.4 Å². The normalized spacial score (nSPS) is 22.8. The van der Waals surface area contributed by atoms with Gasteiger partial charge in [-0.05, 0) is 44.2 Å². The van der Waals surface area contributed by atoms with Gasteiger partial charge in [0, 0.05) is 6.61 Å². The number of rotatable bonds is 7. The molecule has 1 N–H and O–H groups in total. The second-order valence-electron chi connectivity index (χ2n) is 5.71. The zero-order valence-corrected chi connectivity index (χ0v) is 14.2. The summed E-state index contributed by atoms with van der Waals surface area (Å²) in [6.45, 7) is 3.20. The minimum atomic E-state index is -4.43. The second-order valence-corrected chi connectivity index (χ2v) is 5.71. The predicted octanol–water partition coefficient (Wildman–Crippen LogP) is 3.80. The summed E-state index contributed by atoms with van der Waals surface area (Å²) in [5.74, 6) is -0.628. The molecule has 1 aliphatic rings. The molecule has 2 rings (SSSR count). The van der Waals surface area contributed by atoms with Gasteiger partial charge in [-0.25, -0.2) is 4.79 Å². The van der Waals surface area contributed by atoms with Crippen molar-refractivity contribution < 1.29 is 37.3 Å². The number of hydrogen-bond acceptors (Lipinski definition) is 4. The Morgan fingerprint density at radius 3 is 2.46 bits per heavy atom. The minimum absolute atomic E-state index is 0.197. The lowest BCUT2D eigenvalue weighted by Crippen LogP contribution is -2.47. The van der Waals surface area contributed by atoms with Gasteiger partial charge in [0.1, 0.15) is 24.2 Å². The zero-order valence-electron chi connectivity index (χ0n) is 14.2. The molecule has 0 radical (unpaired) electrons. The maximum Gasteiger partial charge on any atom is 0.416 e. The Balaban J connectivity index is 2.21. The molecule has 1 aliphatic carbocycles. The molecule has 8 heteroatoms. The lowest BCUT2D eigenvalue weighted by Gasteiger charge is -2.38. The maximum atomic E-state index is 12.7. The molecule has 2 unspecified atom stereocenters. The average molecular weight is 372 g/mol. The van der Waals surface area contributed by atoms with Crippen molar-refractivity contribution in [2.24, 2.45) is 0 Å². The van der Waals surface area contributed by atoms with Crippen molar-refractivity contribution in [3.8, 4) is 5.75 Å². The van der Waals surface area contributed by atoms with Crippen molar-refractivity contribution >= 4 is 5.97 Å². The molecular formula is C18H19F3O5.